The molecule has 1 N–H and O–H groups in total. The summed E-state index contributed by atoms with van der Waals surface area (Å²) in [6.45, 7) is 7.65. The molecule has 7 heteroatoms. The number of methoxy groups -OCH3 is 1. The molecule has 0 saturated heterocycles. The fourth-order valence-electron chi connectivity index (χ4n) is 2.87. The van der Waals surface area contributed by atoms with Crippen LogP contribution in [0.1, 0.15) is 38.2 Å². The highest BCUT2D eigenvalue weighted by Crippen LogP contribution is 2.21. The van der Waals surface area contributed by atoms with Gasteiger partial charge in [0.25, 0.3) is 0 Å². The lowest BCUT2D eigenvalue weighted by atomic mass is 9.89. The molecule has 0 aromatic heterocycles. The molecular formula is C23H34O7. The summed E-state index contributed by atoms with van der Waals surface area (Å²) in [5.74, 6) is -1.54. The van der Waals surface area contributed by atoms with E-state index in [1.807, 2.05) is 30.3 Å². The second-order valence-corrected chi connectivity index (χ2v) is 7.12. The van der Waals surface area contributed by atoms with Crippen LogP contribution < -0.4 is 0 Å². The van der Waals surface area contributed by atoms with Gasteiger partial charge in [-0.25, -0.2) is 0 Å². The van der Waals surface area contributed by atoms with E-state index in [0.29, 0.717) is 39.3 Å². The van der Waals surface area contributed by atoms with Crippen LogP contribution in [-0.2, 0) is 35.1 Å². The summed E-state index contributed by atoms with van der Waals surface area (Å²) in [6, 6.07) is 9.86. The number of carbonyl (C=O) groups excluding carboxylic acids is 1. The van der Waals surface area contributed by atoms with Gasteiger partial charge in [-0.15, -0.1) is 0 Å². The summed E-state index contributed by atoms with van der Waals surface area (Å²) in [5.41, 5.74) is 1.97. The van der Waals surface area contributed by atoms with E-state index in [9.17, 15) is 9.59 Å². The highest BCUT2D eigenvalue weighted by Gasteiger charge is 2.26. The average Bonchev–Trinajstić information content (AvgIpc) is 2.73. The zero-order valence-corrected chi connectivity index (χ0v) is 18.0. The number of hydrogen-bond acceptors (Lipinski definition) is 6. The Morgan fingerprint density at radius 2 is 1.80 bits per heavy atom. The molecule has 0 heterocycles. The van der Waals surface area contributed by atoms with Crippen LogP contribution in [0.2, 0.25) is 0 Å². The monoisotopic (exact) mass is 422 g/mol. The number of hydrogen-bond donors (Lipinski definition) is 1. The molecule has 0 amide bonds. The Labute approximate surface area is 179 Å². The number of carboxylic acid groups (broad SMARTS) is 1. The number of carbonyl (C=O) groups is 2. The molecule has 168 valence electrons. The molecule has 1 aromatic carbocycles. The van der Waals surface area contributed by atoms with E-state index in [0.717, 1.165) is 11.1 Å². The first-order chi connectivity index (χ1) is 14.4. The molecule has 0 aliphatic heterocycles. The zero-order valence-electron chi connectivity index (χ0n) is 18.0. The molecule has 0 spiro atoms. The number of ether oxygens (including phenoxy) is 4. The van der Waals surface area contributed by atoms with Gasteiger partial charge >= 0.3 is 5.97 Å². The number of Topliss-reactive ketones (excluding diaryl/α,β-unsaturated/α-hetero) is 1. The van der Waals surface area contributed by atoms with Gasteiger partial charge in [-0.05, 0) is 25.3 Å². The van der Waals surface area contributed by atoms with E-state index in [4.69, 9.17) is 24.1 Å². The molecule has 30 heavy (non-hydrogen) atoms. The van der Waals surface area contributed by atoms with Crippen molar-refractivity contribution >= 4 is 11.8 Å². The fourth-order valence-corrected chi connectivity index (χ4v) is 2.87. The Bertz CT molecular complexity index is 630. The van der Waals surface area contributed by atoms with Gasteiger partial charge in [0.1, 0.15) is 12.6 Å². The Kier molecular flexibility index (Phi) is 13.6. The molecule has 0 saturated carbocycles. The molecule has 0 aliphatic carbocycles. The van der Waals surface area contributed by atoms with Gasteiger partial charge in [0.05, 0.1) is 39.0 Å². The number of ketones is 1. The first-order valence-corrected chi connectivity index (χ1v) is 10.1. The van der Waals surface area contributed by atoms with Crippen molar-refractivity contribution in [1.29, 1.82) is 0 Å². The minimum Gasteiger partial charge on any atom is -0.481 e. The lowest BCUT2D eigenvalue weighted by molar-refractivity contribution is -0.143. The van der Waals surface area contributed by atoms with Crippen LogP contribution in [0.25, 0.3) is 0 Å². The Morgan fingerprint density at radius 1 is 1.07 bits per heavy atom. The van der Waals surface area contributed by atoms with E-state index in [-0.39, 0.29) is 25.4 Å². The van der Waals surface area contributed by atoms with E-state index < -0.39 is 18.0 Å². The van der Waals surface area contributed by atoms with Crippen LogP contribution in [0.3, 0.4) is 0 Å². The quantitative estimate of drug-likeness (QED) is 0.219. The lowest BCUT2D eigenvalue weighted by Gasteiger charge is -2.23. The first-order valence-electron chi connectivity index (χ1n) is 10.1. The summed E-state index contributed by atoms with van der Waals surface area (Å²) in [6.07, 6.45) is 0.511. The normalized spacial score (nSPS) is 13.0. The van der Waals surface area contributed by atoms with Crippen LogP contribution in [0, 0.1) is 5.92 Å². The number of benzene rings is 1. The molecule has 0 aliphatic rings. The van der Waals surface area contributed by atoms with Gasteiger partial charge in [0, 0.05) is 19.4 Å². The van der Waals surface area contributed by atoms with Gasteiger partial charge in [-0.1, -0.05) is 42.5 Å². The van der Waals surface area contributed by atoms with Crippen LogP contribution >= 0.6 is 0 Å². The molecule has 0 radical (unpaired) electrons. The van der Waals surface area contributed by atoms with Crippen molar-refractivity contribution in [1.82, 2.24) is 0 Å². The van der Waals surface area contributed by atoms with Gasteiger partial charge in [-0.2, -0.15) is 0 Å². The van der Waals surface area contributed by atoms with Gasteiger partial charge in [0.2, 0.25) is 0 Å². The van der Waals surface area contributed by atoms with E-state index >= 15 is 0 Å². The molecule has 0 fully saturated rings. The second-order valence-electron chi connectivity index (χ2n) is 7.12. The van der Waals surface area contributed by atoms with Crippen LogP contribution in [-0.4, -0.2) is 56.7 Å². The maximum atomic E-state index is 12.6. The van der Waals surface area contributed by atoms with Crippen LogP contribution in [0.5, 0.6) is 0 Å². The van der Waals surface area contributed by atoms with Gasteiger partial charge < -0.3 is 24.1 Å². The van der Waals surface area contributed by atoms with Crippen molar-refractivity contribution < 1.29 is 33.6 Å². The topological polar surface area (TPSA) is 91.3 Å². The third-order valence-electron chi connectivity index (χ3n) is 4.64. The highest BCUT2D eigenvalue weighted by atomic mass is 16.7. The van der Waals surface area contributed by atoms with Gasteiger partial charge in [-0.3, -0.25) is 9.59 Å². The summed E-state index contributed by atoms with van der Waals surface area (Å²) >= 11 is 0. The first kappa shape index (κ1) is 26.0. The summed E-state index contributed by atoms with van der Waals surface area (Å²) < 4.78 is 21.5. The third kappa shape index (κ3) is 11.8. The Morgan fingerprint density at radius 3 is 2.47 bits per heavy atom. The summed E-state index contributed by atoms with van der Waals surface area (Å²) in [4.78, 5) is 23.4. The van der Waals surface area contributed by atoms with E-state index in [1.165, 1.54) is 0 Å². The Balaban J connectivity index is 2.46. The van der Waals surface area contributed by atoms with Crippen LogP contribution in [0.15, 0.2) is 42.5 Å². The predicted molar refractivity (Wildman–Crippen MR) is 113 cm³/mol. The van der Waals surface area contributed by atoms with Crippen molar-refractivity contribution in [2.75, 3.05) is 33.7 Å². The van der Waals surface area contributed by atoms with Crippen molar-refractivity contribution in [3.8, 4) is 0 Å². The number of carboxylic acids is 1. The van der Waals surface area contributed by atoms with Crippen molar-refractivity contribution in [3.05, 3.63) is 48.0 Å². The largest absolute Gasteiger partial charge is 0.481 e. The Hall–Kier alpha value is -2.06. The van der Waals surface area contributed by atoms with Crippen LogP contribution in [0.4, 0.5) is 0 Å². The maximum Gasteiger partial charge on any atom is 0.303 e. The minimum atomic E-state index is -0.989. The lowest BCUT2D eigenvalue weighted by Crippen LogP contribution is -2.30. The molecule has 0 bridgehead atoms. The number of rotatable bonds is 18. The van der Waals surface area contributed by atoms with Crippen molar-refractivity contribution in [2.24, 2.45) is 5.92 Å². The molecule has 0 unspecified atom stereocenters. The van der Waals surface area contributed by atoms with E-state index in [2.05, 4.69) is 6.58 Å². The van der Waals surface area contributed by atoms with Crippen molar-refractivity contribution in [2.45, 2.75) is 45.3 Å². The maximum absolute atomic E-state index is 12.6. The van der Waals surface area contributed by atoms with E-state index in [1.54, 1.807) is 14.0 Å². The van der Waals surface area contributed by atoms with Gasteiger partial charge in [0.15, 0.2) is 0 Å². The zero-order chi connectivity index (χ0) is 22.2. The predicted octanol–water partition coefficient (Wildman–Crippen LogP) is 3.62. The average molecular weight is 423 g/mol. The molecule has 1 aromatic rings. The fraction of sp³-hybridized carbons (Fsp3) is 0.565. The summed E-state index contributed by atoms with van der Waals surface area (Å²) in [7, 11) is 1.58. The summed E-state index contributed by atoms with van der Waals surface area (Å²) in [5, 5.41) is 8.87. The minimum absolute atomic E-state index is 0.0186. The molecule has 1 rings (SSSR count). The molecule has 7 nitrogen and oxygen atoms in total. The smallest absolute Gasteiger partial charge is 0.303 e. The number of aliphatic carboxylic acids is 1. The van der Waals surface area contributed by atoms with Crippen molar-refractivity contribution in [3.63, 3.8) is 0 Å². The third-order valence-corrected chi connectivity index (χ3v) is 4.64. The highest BCUT2D eigenvalue weighted by molar-refractivity contribution is 5.84. The standard InChI is InChI=1S/C23H34O7/c1-18(15-29-16-20-7-5-4-6-8-20)9-10-21(22(24)11-12-23(25)26)19(2)30-17-28-14-13-27-3/h4-8,19,21H,1,9-17H2,2-3H3,(H,25,26)/t19-,21+/m1/s1. The second kappa shape index (κ2) is 15.7. The molecular weight excluding hydrogens is 388 g/mol. The SMILES string of the molecule is C=C(CC[C@H](C(=O)CCC(=O)O)[C@@H](C)OCOCCOC)COCc1ccccc1. The molecule has 2 atom stereocenters.